The highest BCUT2D eigenvalue weighted by atomic mass is 16.7. The molecule has 2 aromatic carbocycles. The number of Topliss-reactive ketones (excluding diaryl/α,β-unsaturated/α-hetero) is 1. The van der Waals surface area contributed by atoms with Crippen molar-refractivity contribution in [3.8, 4) is 11.5 Å². The van der Waals surface area contributed by atoms with Crippen LogP contribution in [0, 0.1) is 0 Å². The number of nitrogens with one attached hydrogen (secondary N) is 1. The first-order chi connectivity index (χ1) is 13.1. The van der Waals surface area contributed by atoms with E-state index < -0.39 is 0 Å². The largest absolute Gasteiger partial charge is 0.454 e. The van der Waals surface area contributed by atoms with Crippen molar-refractivity contribution in [2.75, 3.05) is 12.1 Å². The van der Waals surface area contributed by atoms with Gasteiger partial charge >= 0.3 is 0 Å². The lowest BCUT2D eigenvalue weighted by Crippen LogP contribution is -2.21. The summed E-state index contributed by atoms with van der Waals surface area (Å²) in [4.78, 5) is 29.3. The van der Waals surface area contributed by atoms with Gasteiger partial charge < -0.3 is 19.4 Å². The molecule has 3 aromatic rings. The van der Waals surface area contributed by atoms with Crippen LogP contribution >= 0.6 is 0 Å². The summed E-state index contributed by atoms with van der Waals surface area (Å²) in [6, 6.07) is 10.9. The number of hydrogen-bond acceptors (Lipinski definition) is 5. The van der Waals surface area contributed by atoms with Gasteiger partial charge in [-0.15, -0.1) is 0 Å². The summed E-state index contributed by atoms with van der Waals surface area (Å²) in [7, 11) is 0. The van der Waals surface area contributed by atoms with Crippen LogP contribution in [-0.4, -0.2) is 28.0 Å². The number of benzene rings is 2. The lowest BCUT2D eigenvalue weighted by atomic mass is 10.1. The predicted molar refractivity (Wildman–Crippen MR) is 100 cm³/mol. The van der Waals surface area contributed by atoms with Gasteiger partial charge in [0.2, 0.25) is 12.7 Å². The van der Waals surface area contributed by atoms with E-state index in [-0.39, 0.29) is 25.0 Å². The molecule has 4 rings (SSSR count). The number of fused-ring (bicyclic) bond motifs is 2. The molecule has 0 unspecified atom stereocenters. The highest BCUT2D eigenvalue weighted by Gasteiger charge is 2.21. The number of para-hydroxylation sites is 2. The summed E-state index contributed by atoms with van der Waals surface area (Å²) in [6.45, 7) is 3.66. The molecule has 1 amide bonds. The predicted octanol–water partition coefficient (Wildman–Crippen LogP) is 3.17. The van der Waals surface area contributed by atoms with Gasteiger partial charge in [-0.1, -0.05) is 19.1 Å². The third-order valence-electron chi connectivity index (χ3n) is 4.52. The molecule has 0 saturated carbocycles. The SMILES string of the molecule is CCc1nc2ccccc2n1CC(=O)Nc1cc2c(cc1C(C)=O)OCO2. The van der Waals surface area contributed by atoms with E-state index in [1.165, 1.54) is 6.92 Å². The number of carbonyl (C=O) groups excluding carboxylic acids is 2. The van der Waals surface area contributed by atoms with Gasteiger partial charge in [0.15, 0.2) is 17.3 Å². The number of imidazole rings is 1. The van der Waals surface area contributed by atoms with E-state index in [4.69, 9.17) is 9.47 Å². The van der Waals surface area contributed by atoms with Crippen molar-refractivity contribution in [3.63, 3.8) is 0 Å². The molecule has 0 saturated heterocycles. The number of aryl methyl sites for hydroxylation is 1. The molecule has 0 radical (unpaired) electrons. The van der Waals surface area contributed by atoms with Crippen molar-refractivity contribution in [2.45, 2.75) is 26.8 Å². The Balaban J connectivity index is 1.63. The van der Waals surface area contributed by atoms with Gasteiger partial charge in [0.1, 0.15) is 12.4 Å². The van der Waals surface area contributed by atoms with E-state index in [2.05, 4.69) is 10.3 Å². The molecule has 1 aliphatic heterocycles. The summed E-state index contributed by atoms with van der Waals surface area (Å²) >= 11 is 0. The van der Waals surface area contributed by atoms with Gasteiger partial charge in [-0.3, -0.25) is 9.59 Å². The molecular formula is C20H19N3O4. The van der Waals surface area contributed by atoms with Gasteiger partial charge in [-0.2, -0.15) is 0 Å². The summed E-state index contributed by atoms with van der Waals surface area (Å²) < 4.78 is 12.6. The van der Waals surface area contributed by atoms with Crippen molar-refractivity contribution >= 4 is 28.4 Å². The maximum Gasteiger partial charge on any atom is 0.244 e. The summed E-state index contributed by atoms with van der Waals surface area (Å²) in [5, 5.41) is 2.83. The number of ketones is 1. The fraction of sp³-hybridized carbons (Fsp3) is 0.250. The van der Waals surface area contributed by atoms with E-state index in [1.807, 2.05) is 35.8 Å². The molecule has 7 heteroatoms. The fourth-order valence-electron chi connectivity index (χ4n) is 3.24. The molecule has 0 aliphatic carbocycles. The molecule has 0 bridgehead atoms. The number of amides is 1. The molecule has 0 atom stereocenters. The Hall–Kier alpha value is -3.35. The summed E-state index contributed by atoms with van der Waals surface area (Å²) in [5.41, 5.74) is 2.56. The Morgan fingerprint density at radius 3 is 2.67 bits per heavy atom. The molecule has 2 heterocycles. The second-order valence-electron chi connectivity index (χ2n) is 6.31. The molecule has 7 nitrogen and oxygen atoms in total. The number of carbonyl (C=O) groups is 2. The quantitative estimate of drug-likeness (QED) is 0.702. The van der Waals surface area contributed by atoms with Gasteiger partial charge in [-0.05, 0) is 25.1 Å². The average Bonchev–Trinajstić information content (AvgIpc) is 3.25. The zero-order valence-corrected chi connectivity index (χ0v) is 15.1. The lowest BCUT2D eigenvalue weighted by molar-refractivity contribution is -0.116. The monoisotopic (exact) mass is 365 g/mol. The van der Waals surface area contributed by atoms with Crippen molar-refractivity contribution in [3.05, 3.63) is 47.8 Å². The normalized spacial score (nSPS) is 12.4. The summed E-state index contributed by atoms with van der Waals surface area (Å²) in [6.07, 6.45) is 0.713. The molecule has 1 aliphatic rings. The van der Waals surface area contributed by atoms with Gasteiger partial charge in [-0.25, -0.2) is 4.98 Å². The first-order valence-corrected chi connectivity index (χ1v) is 8.75. The number of anilines is 1. The maximum atomic E-state index is 12.7. The standard InChI is InChI=1S/C20H19N3O4/c1-3-19-21-14-6-4-5-7-16(14)23(19)10-20(25)22-15-9-18-17(26-11-27-18)8-13(15)12(2)24/h4-9H,3,10-11H2,1-2H3,(H,22,25). The van der Waals surface area contributed by atoms with Crippen molar-refractivity contribution in [1.82, 2.24) is 9.55 Å². The number of hydrogen-bond donors (Lipinski definition) is 1. The molecule has 0 fully saturated rings. The average molecular weight is 365 g/mol. The Morgan fingerprint density at radius 2 is 1.93 bits per heavy atom. The van der Waals surface area contributed by atoms with E-state index in [9.17, 15) is 9.59 Å². The molecule has 1 N–H and O–H groups in total. The molecule has 0 spiro atoms. The molecule has 138 valence electrons. The van der Waals surface area contributed by atoms with Crippen LogP contribution < -0.4 is 14.8 Å². The minimum atomic E-state index is -0.241. The van der Waals surface area contributed by atoms with Crippen LogP contribution in [0.1, 0.15) is 30.0 Å². The van der Waals surface area contributed by atoms with Gasteiger partial charge in [0, 0.05) is 18.1 Å². The Kier molecular flexibility index (Phi) is 4.27. The topological polar surface area (TPSA) is 82.5 Å². The van der Waals surface area contributed by atoms with Crippen LogP contribution in [0.3, 0.4) is 0 Å². The second kappa shape index (κ2) is 6.75. The first-order valence-electron chi connectivity index (χ1n) is 8.75. The van der Waals surface area contributed by atoms with Crippen LogP contribution in [0.25, 0.3) is 11.0 Å². The fourth-order valence-corrected chi connectivity index (χ4v) is 3.24. The van der Waals surface area contributed by atoms with Crippen LogP contribution in [0.15, 0.2) is 36.4 Å². The molecule has 27 heavy (non-hydrogen) atoms. The number of nitrogens with zero attached hydrogens (tertiary/aromatic N) is 2. The minimum absolute atomic E-state index is 0.102. The zero-order valence-electron chi connectivity index (χ0n) is 15.1. The van der Waals surface area contributed by atoms with Crippen LogP contribution in [0.2, 0.25) is 0 Å². The number of aromatic nitrogens is 2. The van der Waals surface area contributed by atoms with E-state index in [0.717, 1.165) is 16.9 Å². The minimum Gasteiger partial charge on any atom is -0.454 e. The maximum absolute atomic E-state index is 12.7. The van der Waals surface area contributed by atoms with Gasteiger partial charge in [0.05, 0.1) is 16.7 Å². The molecular weight excluding hydrogens is 346 g/mol. The highest BCUT2D eigenvalue weighted by molar-refractivity contribution is 6.04. The number of ether oxygens (including phenoxy) is 2. The zero-order chi connectivity index (χ0) is 19.0. The van der Waals surface area contributed by atoms with E-state index in [0.29, 0.717) is 29.2 Å². The van der Waals surface area contributed by atoms with E-state index >= 15 is 0 Å². The Bertz CT molecular complexity index is 1050. The third kappa shape index (κ3) is 3.12. The van der Waals surface area contributed by atoms with Crippen LogP contribution in [-0.2, 0) is 17.8 Å². The Morgan fingerprint density at radius 1 is 1.19 bits per heavy atom. The van der Waals surface area contributed by atoms with Crippen molar-refractivity contribution in [2.24, 2.45) is 0 Å². The smallest absolute Gasteiger partial charge is 0.244 e. The van der Waals surface area contributed by atoms with Crippen molar-refractivity contribution in [1.29, 1.82) is 0 Å². The number of rotatable bonds is 5. The lowest BCUT2D eigenvalue weighted by Gasteiger charge is -2.12. The highest BCUT2D eigenvalue weighted by Crippen LogP contribution is 2.37. The third-order valence-corrected chi connectivity index (χ3v) is 4.52. The second-order valence-corrected chi connectivity index (χ2v) is 6.31. The van der Waals surface area contributed by atoms with Crippen LogP contribution in [0.4, 0.5) is 5.69 Å². The Labute approximate surface area is 155 Å². The van der Waals surface area contributed by atoms with Gasteiger partial charge in [0.25, 0.3) is 0 Å². The van der Waals surface area contributed by atoms with Crippen molar-refractivity contribution < 1.29 is 19.1 Å². The van der Waals surface area contributed by atoms with E-state index in [1.54, 1.807) is 12.1 Å². The summed E-state index contributed by atoms with van der Waals surface area (Å²) in [5.74, 6) is 1.45. The first kappa shape index (κ1) is 17.1. The molecule has 1 aromatic heterocycles. The van der Waals surface area contributed by atoms with Crippen LogP contribution in [0.5, 0.6) is 11.5 Å².